The fourth-order valence-electron chi connectivity index (χ4n) is 2.55. The second-order valence-electron chi connectivity index (χ2n) is 4.88. The van der Waals surface area contributed by atoms with Crippen molar-refractivity contribution in [1.82, 2.24) is 14.7 Å². The third-order valence-corrected chi connectivity index (χ3v) is 4.33. The van der Waals surface area contributed by atoms with Gasteiger partial charge in [0.15, 0.2) is 4.96 Å². The zero-order chi connectivity index (χ0) is 12.4. The van der Waals surface area contributed by atoms with Crippen molar-refractivity contribution in [2.24, 2.45) is 5.92 Å². The molecule has 0 aromatic carbocycles. The number of imidazole rings is 1. The Balaban J connectivity index is 1.57. The van der Waals surface area contributed by atoms with Gasteiger partial charge in [-0.3, -0.25) is 9.20 Å². The maximum atomic E-state index is 12.0. The maximum Gasteiger partial charge on any atom is 0.223 e. The highest BCUT2D eigenvalue weighted by atomic mass is 32.1. The highest BCUT2D eigenvalue weighted by Crippen LogP contribution is 2.23. The van der Waals surface area contributed by atoms with Crippen LogP contribution in [0.2, 0.25) is 0 Å². The van der Waals surface area contributed by atoms with Crippen molar-refractivity contribution < 1.29 is 4.79 Å². The Hall–Kier alpha value is -1.36. The van der Waals surface area contributed by atoms with Crippen LogP contribution in [0.4, 0.5) is 0 Å². The highest BCUT2D eigenvalue weighted by Gasteiger charge is 2.20. The predicted octanol–water partition coefficient (Wildman–Crippen LogP) is 2.59. The number of rotatable bonds is 3. The second kappa shape index (κ2) is 5.10. The summed E-state index contributed by atoms with van der Waals surface area (Å²) in [7, 11) is 0. The Morgan fingerprint density at radius 1 is 1.44 bits per heavy atom. The Morgan fingerprint density at radius 3 is 3.06 bits per heavy atom. The Morgan fingerprint density at radius 2 is 2.28 bits per heavy atom. The van der Waals surface area contributed by atoms with Crippen molar-refractivity contribution >= 4 is 22.2 Å². The summed E-state index contributed by atoms with van der Waals surface area (Å²) in [4.78, 5) is 17.4. The Kier molecular flexibility index (Phi) is 3.32. The summed E-state index contributed by atoms with van der Waals surface area (Å²) in [5.41, 5.74) is 0.936. The summed E-state index contributed by atoms with van der Waals surface area (Å²) in [5, 5.41) is 5.02. The third kappa shape index (κ3) is 2.41. The molecular weight excluding hydrogens is 246 g/mol. The van der Waals surface area contributed by atoms with Gasteiger partial charge >= 0.3 is 0 Å². The van der Waals surface area contributed by atoms with Crippen LogP contribution >= 0.6 is 11.3 Å². The van der Waals surface area contributed by atoms with Crippen LogP contribution in [0.5, 0.6) is 0 Å². The van der Waals surface area contributed by atoms with Crippen molar-refractivity contribution in [3.8, 4) is 0 Å². The van der Waals surface area contributed by atoms with Crippen molar-refractivity contribution in [1.29, 1.82) is 0 Å². The van der Waals surface area contributed by atoms with Gasteiger partial charge in [-0.2, -0.15) is 0 Å². The smallest absolute Gasteiger partial charge is 0.223 e. The second-order valence-corrected chi connectivity index (χ2v) is 5.75. The molecule has 1 N–H and O–H groups in total. The molecule has 1 saturated carbocycles. The topological polar surface area (TPSA) is 46.4 Å². The molecule has 1 fully saturated rings. The van der Waals surface area contributed by atoms with Crippen molar-refractivity contribution in [2.75, 3.05) is 0 Å². The zero-order valence-corrected chi connectivity index (χ0v) is 11.1. The van der Waals surface area contributed by atoms with E-state index in [9.17, 15) is 4.79 Å². The van der Waals surface area contributed by atoms with Gasteiger partial charge in [-0.25, -0.2) is 4.98 Å². The van der Waals surface area contributed by atoms with Crippen LogP contribution < -0.4 is 5.32 Å². The van der Waals surface area contributed by atoms with Gasteiger partial charge in [-0.15, -0.1) is 11.3 Å². The van der Waals surface area contributed by atoms with E-state index >= 15 is 0 Å². The van der Waals surface area contributed by atoms with E-state index in [0.29, 0.717) is 6.54 Å². The molecule has 0 spiro atoms. The van der Waals surface area contributed by atoms with Crippen LogP contribution in [0.1, 0.15) is 37.8 Å². The van der Waals surface area contributed by atoms with Gasteiger partial charge in [0.1, 0.15) is 0 Å². The van der Waals surface area contributed by atoms with E-state index < -0.39 is 0 Å². The summed E-state index contributed by atoms with van der Waals surface area (Å²) in [5.74, 6) is 0.425. The number of hydrogen-bond donors (Lipinski definition) is 1. The lowest BCUT2D eigenvalue weighted by Crippen LogP contribution is -2.31. The lowest BCUT2D eigenvalue weighted by molar-refractivity contribution is -0.126. The monoisotopic (exact) mass is 263 g/mol. The van der Waals surface area contributed by atoms with Crippen LogP contribution in [-0.4, -0.2) is 15.3 Å². The SMILES string of the molecule is O=C(NCc1cn2ccsc2n1)C1CCCCC1. The van der Waals surface area contributed by atoms with Gasteiger partial charge < -0.3 is 5.32 Å². The molecule has 96 valence electrons. The van der Waals surface area contributed by atoms with Crippen LogP contribution in [0.3, 0.4) is 0 Å². The van der Waals surface area contributed by atoms with Crippen molar-refractivity contribution in [3.63, 3.8) is 0 Å². The molecule has 0 saturated heterocycles. The van der Waals surface area contributed by atoms with E-state index in [2.05, 4.69) is 10.3 Å². The van der Waals surface area contributed by atoms with Crippen LogP contribution in [-0.2, 0) is 11.3 Å². The number of nitrogens with zero attached hydrogens (tertiary/aromatic N) is 2. The fraction of sp³-hybridized carbons (Fsp3) is 0.538. The van der Waals surface area contributed by atoms with E-state index in [4.69, 9.17) is 0 Å². The zero-order valence-electron chi connectivity index (χ0n) is 10.3. The van der Waals surface area contributed by atoms with E-state index in [-0.39, 0.29) is 11.8 Å². The van der Waals surface area contributed by atoms with E-state index in [1.165, 1.54) is 19.3 Å². The van der Waals surface area contributed by atoms with Gasteiger partial charge in [0.05, 0.1) is 12.2 Å². The third-order valence-electron chi connectivity index (χ3n) is 3.56. The quantitative estimate of drug-likeness (QED) is 0.925. The highest BCUT2D eigenvalue weighted by molar-refractivity contribution is 7.15. The summed E-state index contributed by atoms with van der Waals surface area (Å²) < 4.78 is 1.99. The van der Waals surface area contributed by atoms with Gasteiger partial charge in [0, 0.05) is 23.7 Å². The number of aromatic nitrogens is 2. The van der Waals surface area contributed by atoms with Gasteiger partial charge in [0.2, 0.25) is 5.91 Å². The molecule has 2 aromatic heterocycles. The van der Waals surface area contributed by atoms with Gasteiger partial charge in [0.25, 0.3) is 0 Å². The largest absolute Gasteiger partial charge is 0.350 e. The average Bonchev–Trinajstić information content (AvgIpc) is 2.97. The van der Waals surface area contributed by atoms with Gasteiger partial charge in [-0.05, 0) is 12.8 Å². The van der Waals surface area contributed by atoms with Crippen molar-refractivity contribution in [3.05, 3.63) is 23.5 Å². The molecule has 1 aliphatic carbocycles. The fourth-order valence-corrected chi connectivity index (χ4v) is 3.27. The number of hydrogen-bond acceptors (Lipinski definition) is 3. The van der Waals surface area contributed by atoms with Crippen LogP contribution in [0.25, 0.3) is 4.96 Å². The number of carbonyl (C=O) groups excluding carboxylic acids is 1. The molecule has 5 heteroatoms. The molecule has 1 aliphatic rings. The normalized spacial score (nSPS) is 17.1. The molecule has 0 unspecified atom stereocenters. The molecule has 2 heterocycles. The number of thiazole rings is 1. The van der Waals surface area contributed by atoms with Crippen molar-refractivity contribution in [2.45, 2.75) is 38.6 Å². The standard InChI is InChI=1S/C13H17N3OS/c17-12(10-4-2-1-3-5-10)14-8-11-9-16-6-7-18-13(16)15-11/h6-7,9-10H,1-5,8H2,(H,14,17). The van der Waals surface area contributed by atoms with E-state index in [1.807, 2.05) is 22.2 Å². The molecule has 0 aliphatic heterocycles. The summed E-state index contributed by atoms with van der Waals surface area (Å²) in [6.45, 7) is 0.545. The predicted molar refractivity (Wildman–Crippen MR) is 71.5 cm³/mol. The molecule has 0 bridgehead atoms. The van der Waals surface area contributed by atoms with E-state index in [0.717, 1.165) is 23.5 Å². The first-order chi connectivity index (χ1) is 8.83. The summed E-state index contributed by atoms with van der Waals surface area (Å²) in [6, 6.07) is 0. The summed E-state index contributed by atoms with van der Waals surface area (Å²) >= 11 is 1.61. The number of nitrogens with one attached hydrogen (secondary N) is 1. The minimum Gasteiger partial charge on any atom is -0.350 e. The lowest BCUT2D eigenvalue weighted by atomic mass is 9.89. The molecule has 0 atom stereocenters. The number of amides is 1. The molecule has 4 nitrogen and oxygen atoms in total. The van der Waals surface area contributed by atoms with Gasteiger partial charge in [-0.1, -0.05) is 19.3 Å². The molecule has 0 radical (unpaired) electrons. The number of carbonyl (C=O) groups is 1. The first-order valence-corrected chi connectivity index (χ1v) is 7.40. The molecular formula is C13H17N3OS. The summed E-state index contributed by atoms with van der Waals surface area (Å²) in [6.07, 6.45) is 9.72. The Labute approximate surface area is 110 Å². The minimum atomic E-state index is 0.200. The number of fused-ring (bicyclic) bond motifs is 1. The molecule has 2 aromatic rings. The lowest BCUT2D eigenvalue weighted by Gasteiger charge is -2.20. The van der Waals surface area contributed by atoms with Crippen LogP contribution in [0.15, 0.2) is 17.8 Å². The maximum absolute atomic E-state index is 12.0. The molecule has 1 amide bonds. The average molecular weight is 263 g/mol. The minimum absolute atomic E-state index is 0.200. The molecule has 18 heavy (non-hydrogen) atoms. The van der Waals surface area contributed by atoms with Crippen LogP contribution in [0, 0.1) is 5.92 Å². The van der Waals surface area contributed by atoms with E-state index in [1.54, 1.807) is 11.3 Å². The Bertz CT molecular complexity index is 511. The first-order valence-electron chi connectivity index (χ1n) is 6.52. The molecule has 3 rings (SSSR count). The first kappa shape index (κ1) is 11.7.